The fourth-order valence-corrected chi connectivity index (χ4v) is 9.19. The fraction of sp³-hybridized carbons (Fsp3) is 0.186. The van der Waals surface area contributed by atoms with E-state index < -0.39 is 24.1 Å². The monoisotopic (exact) mass is 1080 g/mol. The predicted octanol–water partition coefficient (Wildman–Crippen LogP) is 12.4. The number of carboxylic acids is 1. The molecular formula is C70H71N3O8. The molecule has 0 heterocycles. The van der Waals surface area contributed by atoms with E-state index in [0.29, 0.717) is 39.0 Å². The molecule has 0 saturated heterocycles. The van der Waals surface area contributed by atoms with Gasteiger partial charge in [-0.2, -0.15) is 0 Å². The van der Waals surface area contributed by atoms with Crippen LogP contribution >= 0.6 is 0 Å². The Bertz CT molecular complexity index is 3010. The number of aryl methyl sites for hydroxylation is 1. The first-order valence-electron chi connectivity index (χ1n) is 27.1. The summed E-state index contributed by atoms with van der Waals surface area (Å²) in [7, 11) is 0. The molecule has 0 fully saturated rings. The van der Waals surface area contributed by atoms with Crippen LogP contribution in [0.3, 0.4) is 0 Å². The molecule has 81 heavy (non-hydrogen) atoms. The van der Waals surface area contributed by atoms with Crippen LogP contribution in [-0.2, 0) is 82.5 Å². The average Bonchev–Trinajstić information content (AvgIpc) is 3.49. The smallest absolute Gasteiger partial charge is 0.324 e. The van der Waals surface area contributed by atoms with Crippen molar-refractivity contribution in [3.8, 4) is 11.5 Å². The molecule has 0 spiro atoms. The third kappa shape index (κ3) is 20.9. The molecule has 0 saturated carbocycles. The summed E-state index contributed by atoms with van der Waals surface area (Å²) in [5.74, 6) is -1.21. The van der Waals surface area contributed by atoms with E-state index in [1.807, 2.05) is 140 Å². The van der Waals surface area contributed by atoms with Gasteiger partial charge in [0.15, 0.2) is 0 Å². The van der Waals surface area contributed by atoms with Crippen molar-refractivity contribution >= 4 is 17.9 Å². The SMILES string of the molecule is Cc1cccc(CC(C(=O)OCc2ccccc2)N(Cc2ccccc2)Cc2ccccc2)c1.NC(Cc1cccc(O)c1)C(=O)O.O=C(OCc1ccccc1)C(Cc1cccc(O)c1)N(Cc1ccccc1)Cc1ccccc1. The van der Waals surface area contributed by atoms with Gasteiger partial charge in [-0.1, -0.05) is 236 Å². The Hall–Kier alpha value is -9.13. The molecule has 0 aliphatic heterocycles. The van der Waals surface area contributed by atoms with Crippen molar-refractivity contribution in [3.05, 3.63) is 310 Å². The maximum Gasteiger partial charge on any atom is 0.324 e. The van der Waals surface area contributed by atoms with E-state index >= 15 is 0 Å². The first kappa shape index (κ1) is 59.5. The van der Waals surface area contributed by atoms with Crippen molar-refractivity contribution in [1.29, 1.82) is 0 Å². The summed E-state index contributed by atoms with van der Waals surface area (Å²) in [4.78, 5) is 41.9. The molecule has 0 amide bonds. The second kappa shape index (κ2) is 32.1. The van der Waals surface area contributed by atoms with Crippen LogP contribution in [0.15, 0.2) is 255 Å². The summed E-state index contributed by atoms with van der Waals surface area (Å²) in [6, 6.07) is 80.5. The summed E-state index contributed by atoms with van der Waals surface area (Å²) in [6.07, 6.45) is 1.25. The minimum atomic E-state index is -1.04. The van der Waals surface area contributed by atoms with Crippen molar-refractivity contribution in [1.82, 2.24) is 9.80 Å². The first-order chi connectivity index (χ1) is 39.4. The van der Waals surface area contributed by atoms with Gasteiger partial charge in [0.05, 0.1) is 0 Å². The third-order valence-electron chi connectivity index (χ3n) is 13.3. The maximum absolute atomic E-state index is 13.6. The molecule has 11 heteroatoms. The number of phenols is 2. The summed E-state index contributed by atoms with van der Waals surface area (Å²) in [5, 5.41) is 27.6. The van der Waals surface area contributed by atoms with E-state index in [-0.39, 0.29) is 43.1 Å². The summed E-state index contributed by atoms with van der Waals surface area (Å²) in [5.41, 5.74) is 15.8. The van der Waals surface area contributed by atoms with Crippen LogP contribution < -0.4 is 5.73 Å². The van der Waals surface area contributed by atoms with Crippen LogP contribution in [0, 0.1) is 6.92 Å². The first-order valence-corrected chi connectivity index (χ1v) is 27.1. The second-order valence-electron chi connectivity index (χ2n) is 19.9. The van der Waals surface area contributed by atoms with Crippen molar-refractivity contribution in [2.45, 2.75) is 83.7 Å². The Morgan fingerprint density at radius 1 is 0.383 bits per heavy atom. The van der Waals surface area contributed by atoms with Crippen LogP contribution in [0.2, 0.25) is 0 Å². The van der Waals surface area contributed by atoms with Gasteiger partial charge in [0.1, 0.15) is 42.8 Å². The highest BCUT2D eigenvalue weighted by Crippen LogP contribution is 2.23. The molecule has 11 nitrogen and oxygen atoms in total. The van der Waals surface area contributed by atoms with Gasteiger partial charge in [-0.05, 0) is 101 Å². The number of phenolic OH excluding ortho intramolecular Hbond substituents is 2. The predicted molar refractivity (Wildman–Crippen MR) is 318 cm³/mol. The van der Waals surface area contributed by atoms with Gasteiger partial charge >= 0.3 is 17.9 Å². The van der Waals surface area contributed by atoms with Crippen LogP contribution in [0.25, 0.3) is 0 Å². The number of hydrogen-bond donors (Lipinski definition) is 4. The normalized spacial score (nSPS) is 11.9. The summed E-state index contributed by atoms with van der Waals surface area (Å²) in [6.45, 7) is 5.09. The van der Waals surface area contributed by atoms with E-state index in [9.17, 15) is 19.5 Å². The number of hydrogen-bond acceptors (Lipinski definition) is 10. The van der Waals surface area contributed by atoms with Gasteiger partial charge in [0.25, 0.3) is 0 Å². The number of aromatic hydroxyl groups is 2. The quantitative estimate of drug-likeness (QED) is 0.0451. The minimum Gasteiger partial charge on any atom is -0.508 e. The number of nitrogens with zero attached hydrogens (tertiary/aromatic N) is 2. The van der Waals surface area contributed by atoms with Crippen molar-refractivity contribution in [2.24, 2.45) is 5.73 Å². The van der Waals surface area contributed by atoms with Crippen LogP contribution in [0.5, 0.6) is 11.5 Å². The molecule has 9 aromatic rings. The number of rotatable bonds is 23. The van der Waals surface area contributed by atoms with E-state index in [2.05, 4.69) is 89.5 Å². The number of nitrogens with two attached hydrogens (primary N) is 1. The molecule has 0 aliphatic carbocycles. The van der Waals surface area contributed by atoms with Gasteiger partial charge in [0, 0.05) is 26.2 Å². The number of benzene rings is 9. The zero-order chi connectivity index (χ0) is 57.0. The lowest BCUT2D eigenvalue weighted by atomic mass is 10.0. The number of carboxylic acid groups (broad SMARTS) is 1. The van der Waals surface area contributed by atoms with E-state index in [1.165, 1.54) is 28.8 Å². The largest absolute Gasteiger partial charge is 0.508 e. The molecule has 3 unspecified atom stereocenters. The van der Waals surface area contributed by atoms with Crippen LogP contribution in [0.4, 0.5) is 0 Å². The Morgan fingerprint density at radius 3 is 0.975 bits per heavy atom. The van der Waals surface area contributed by atoms with Gasteiger partial charge in [-0.25, -0.2) is 0 Å². The van der Waals surface area contributed by atoms with Crippen LogP contribution in [-0.4, -0.2) is 61.2 Å². The molecular weight excluding hydrogens is 1010 g/mol. The average molecular weight is 1080 g/mol. The molecule has 3 atom stereocenters. The van der Waals surface area contributed by atoms with Crippen molar-refractivity contribution < 1.29 is 39.2 Å². The Morgan fingerprint density at radius 2 is 0.667 bits per heavy atom. The Kier molecular flexibility index (Phi) is 23.6. The number of carbonyl (C=O) groups is 3. The van der Waals surface area contributed by atoms with Crippen molar-refractivity contribution in [2.75, 3.05) is 0 Å². The fourth-order valence-electron chi connectivity index (χ4n) is 9.19. The highest BCUT2D eigenvalue weighted by atomic mass is 16.5. The Balaban J connectivity index is 0.000000192. The molecule has 0 aliphatic rings. The van der Waals surface area contributed by atoms with Gasteiger partial charge in [-0.3, -0.25) is 24.2 Å². The standard InChI is InChI=1S/C31H31NO2.C30H29NO3.C9H11NO3/c1-25-12-11-19-29(20-25)21-30(31(33)34-24-28-17-9-4-10-18-28)32(22-26-13-5-2-6-14-26)23-27-15-7-3-8-16-27;32-28-18-10-17-27(19-28)20-29(30(33)34-23-26-15-8-3-9-16-26)31(21-24-11-4-1-5-12-24)22-25-13-6-2-7-14-25;10-8(9(12)13)5-6-2-1-3-7(11)4-6/h2-20,30H,21-24H2,1H3;1-19,29,32H,20-23H2;1-4,8,11H,5,10H2,(H,12,13). The van der Waals surface area contributed by atoms with Crippen molar-refractivity contribution in [3.63, 3.8) is 0 Å². The highest BCUT2D eigenvalue weighted by molar-refractivity contribution is 5.77. The minimum absolute atomic E-state index is 0.120. The number of aliphatic carboxylic acids is 1. The number of esters is 2. The molecule has 414 valence electrons. The number of carbonyl (C=O) groups excluding carboxylic acids is 2. The lowest BCUT2D eigenvalue weighted by Gasteiger charge is -2.31. The number of ether oxygens (including phenoxy) is 2. The lowest BCUT2D eigenvalue weighted by Crippen LogP contribution is -2.43. The molecule has 9 aromatic carbocycles. The highest BCUT2D eigenvalue weighted by Gasteiger charge is 2.30. The van der Waals surface area contributed by atoms with Crippen LogP contribution in [0.1, 0.15) is 55.6 Å². The molecule has 0 aromatic heterocycles. The second-order valence-corrected chi connectivity index (χ2v) is 19.9. The van der Waals surface area contributed by atoms with Gasteiger partial charge in [-0.15, -0.1) is 0 Å². The summed E-state index contributed by atoms with van der Waals surface area (Å²) >= 11 is 0. The molecule has 5 N–H and O–H groups in total. The molecule has 0 bridgehead atoms. The topological polar surface area (TPSA) is 163 Å². The molecule has 0 radical (unpaired) electrons. The zero-order valence-electron chi connectivity index (χ0n) is 45.7. The Labute approximate surface area is 476 Å². The van der Waals surface area contributed by atoms with E-state index in [0.717, 1.165) is 38.9 Å². The van der Waals surface area contributed by atoms with Gasteiger partial charge in [0.2, 0.25) is 0 Å². The van der Waals surface area contributed by atoms with E-state index in [1.54, 1.807) is 30.3 Å². The van der Waals surface area contributed by atoms with Gasteiger partial charge < -0.3 is 30.5 Å². The zero-order valence-corrected chi connectivity index (χ0v) is 45.7. The third-order valence-corrected chi connectivity index (χ3v) is 13.3. The molecule has 9 rings (SSSR count). The summed E-state index contributed by atoms with van der Waals surface area (Å²) < 4.78 is 11.7. The van der Waals surface area contributed by atoms with E-state index in [4.69, 9.17) is 25.4 Å². The maximum atomic E-state index is 13.6. The lowest BCUT2D eigenvalue weighted by molar-refractivity contribution is -0.153.